The molecule has 0 bridgehead atoms. The Labute approximate surface area is 160 Å². The molecule has 0 aliphatic carbocycles. The maximum absolute atomic E-state index is 6.30. The van der Waals surface area contributed by atoms with Crippen molar-refractivity contribution in [2.75, 3.05) is 14.1 Å². The molecule has 4 aromatic rings. The number of aromatic nitrogens is 4. The number of pyridine rings is 1. The van der Waals surface area contributed by atoms with E-state index in [1.165, 1.54) is 4.88 Å². The number of benzene rings is 1. The van der Waals surface area contributed by atoms with Crippen LogP contribution in [-0.4, -0.2) is 39.2 Å². The first-order chi connectivity index (χ1) is 12.6. The standard InChI is InChI=1S/C19H18ClN5S/c1-25(2)11-13-10-22-18(26-13)9-17-14-8-12(5-6-16(14)23-24-17)19-15(20)4-3-7-21-19/h3-8,10H,9,11H2,1-2H3,(H,23,24). The van der Waals surface area contributed by atoms with E-state index in [-0.39, 0.29) is 0 Å². The predicted octanol–water partition coefficient (Wildman–Crippen LogP) is 4.39. The lowest BCUT2D eigenvalue weighted by Crippen LogP contribution is -2.09. The van der Waals surface area contributed by atoms with Crippen LogP contribution >= 0.6 is 22.9 Å². The van der Waals surface area contributed by atoms with Crippen molar-refractivity contribution in [3.05, 3.63) is 63.3 Å². The van der Waals surface area contributed by atoms with Gasteiger partial charge in [-0.1, -0.05) is 17.7 Å². The van der Waals surface area contributed by atoms with Gasteiger partial charge in [-0.05, 0) is 38.4 Å². The summed E-state index contributed by atoms with van der Waals surface area (Å²) in [6.07, 6.45) is 4.44. The fourth-order valence-corrected chi connectivity index (χ4v) is 4.19. The van der Waals surface area contributed by atoms with Gasteiger partial charge in [-0.15, -0.1) is 11.3 Å². The average Bonchev–Trinajstić information content (AvgIpc) is 3.22. The molecule has 3 heterocycles. The van der Waals surface area contributed by atoms with Gasteiger partial charge in [-0.25, -0.2) is 4.98 Å². The molecule has 0 saturated heterocycles. The lowest BCUT2D eigenvalue weighted by atomic mass is 10.1. The Morgan fingerprint density at radius 3 is 2.88 bits per heavy atom. The van der Waals surface area contributed by atoms with Gasteiger partial charge in [0.25, 0.3) is 0 Å². The summed E-state index contributed by atoms with van der Waals surface area (Å²) in [5.41, 5.74) is 3.75. The predicted molar refractivity (Wildman–Crippen MR) is 107 cm³/mol. The summed E-state index contributed by atoms with van der Waals surface area (Å²) in [6.45, 7) is 0.906. The fraction of sp³-hybridized carbons (Fsp3) is 0.211. The summed E-state index contributed by atoms with van der Waals surface area (Å²) in [6, 6.07) is 9.78. The van der Waals surface area contributed by atoms with Gasteiger partial charge < -0.3 is 4.90 Å². The Morgan fingerprint density at radius 1 is 1.19 bits per heavy atom. The van der Waals surface area contributed by atoms with Gasteiger partial charge in [0.1, 0.15) is 0 Å². The van der Waals surface area contributed by atoms with E-state index in [0.29, 0.717) is 5.02 Å². The van der Waals surface area contributed by atoms with Gasteiger partial charge in [0.2, 0.25) is 0 Å². The van der Waals surface area contributed by atoms with Crippen molar-refractivity contribution in [1.29, 1.82) is 0 Å². The van der Waals surface area contributed by atoms with Crippen molar-refractivity contribution < 1.29 is 0 Å². The quantitative estimate of drug-likeness (QED) is 0.555. The summed E-state index contributed by atoms with van der Waals surface area (Å²) in [5, 5.41) is 10.4. The van der Waals surface area contributed by atoms with Crippen LogP contribution in [0.5, 0.6) is 0 Å². The lowest BCUT2D eigenvalue weighted by Gasteiger charge is -2.05. The molecule has 0 radical (unpaired) electrons. The van der Waals surface area contributed by atoms with Gasteiger partial charge in [0.15, 0.2) is 0 Å². The van der Waals surface area contributed by atoms with E-state index in [1.54, 1.807) is 17.5 Å². The van der Waals surface area contributed by atoms with Crippen LogP contribution in [0.25, 0.3) is 22.2 Å². The van der Waals surface area contributed by atoms with E-state index >= 15 is 0 Å². The maximum atomic E-state index is 6.30. The number of halogens is 1. The van der Waals surface area contributed by atoms with Gasteiger partial charge in [0, 0.05) is 46.9 Å². The molecule has 0 amide bonds. The van der Waals surface area contributed by atoms with Crippen LogP contribution in [0.4, 0.5) is 0 Å². The first-order valence-electron chi connectivity index (χ1n) is 8.26. The van der Waals surface area contributed by atoms with Crippen LogP contribution in [0.15, 0.2) is 42.7 Å². The van der Waals surface area contributed by atoms with E-state index in [4.69, 9.17) is 11.6 Å². The average molecular weight is 384 g/mol. The Kier molecular flexibility index (Phi) is 4.72. The highest BCUT2D eigenvalue weighted by Crippen LogP contribution is 2.29. The molecule has 0 aliphatic rings. The molecule has 0 spiro atoms. The third-order valence-electron chi connectivity index (χ3n) is 4.07. The lowest BCUT2D eigenvalue weighted by molar-refractivity contribution is 0.406. The minimum absolute atomic E-state index is 0.644. The van der Waals surface area contributed by atoms with E-state index in [2.05, 4.69) is 45.2 Å². The molecule has 1 N–H and O–H groups in total. The number of hydrogen-bond acceptors (Lipinski definition) is 5. The van der Waals surface area contributed by atoms with Crippen LogP contribution in [0.2, 0.25) is 5.02 Å². The van der Waals surface area contributed by atoms with Gasteiger partial charge in [0.05, 0.1) is 21.2 Å². The van der Waals surface area contributed by atoms with Crippen molar-refractivity contribution in [2.45, 2.75) is 13.0 Å². The highest BCUT2D eigenvalue weighted by atomic mass is 35.5. The van der Waals surface area contributed by atoms with Gasteiger partial charge in [-0.2, -0.15) is 5.10 Å². The van der Waals surface area contributed by atoms with Crippen molar-refractivity contribution in [3.63, 3.8) is 0 Å². The molecule has 0 atom stereocenters. The summed E-state index contributed by atoms with van der Waals surface area (Å²) in [5.74, 6) is 0. The molecular formula is C19H18ClN5S. The van der Waals surface area contributed by atoms with E-state index < -0.39 is 0 Å². The molecule has 4 rings (SSSR count). The summed E-state index contributed by atoms with van der Waals surface area (Å²) >= 11 is 8.04. The Morgan fingerprint density at radius 2 is 2.08 bits per heavy atom. The van der Waals surface area contributed by atoms with Crippen molar-refractivity contribution >= 4 is 33.8 Å². The molecular weight excluding hydrogens is 366 g/mol. The van der Waals surface area contributed by atoms with Crippen LogP contribution in [0.3, 0.4) is 0 Å². The van der Waals surface area contributed by atoms with Crippen LogP contribution in [0, 0.1) is 0 Å². The number of aromatic amines is 1. The second-order valence-corrected chi connectivity index (χ2v) is 8.01. The zero-order valence-electron chi connectivity index (χ0n) is 14.5. The third-order valence-corrected chi connectivity index (χ3v) is 5.35. The molecule has 0 fully saturated rings. The number of H-pyrrole nitrogens is 1. The molecule has 1 aromatic carbocycles. The molecule has 5 nitrogen and oxygen atoms in total. The Balaban J connectivity index is 1.67. The van der Waals surface area contributed by atoms with E-state index in [1.807, 2.05) is 30.5 Å². The Bertz CT molecular complexity index is 1050. The molecule has 3 aromatic heterocycles. The first kappa shape index (κ1) is 17.1. The SMILES string of the molecule is CN(C)Cc1cnc(Cc2[nH]nc3ccc(-c4ncccc4Cl)cc23)s1. The number of hydrogen-bond donors (Lipinski definition) is 1. The molecule has 26 heavy (non-hydrogen) atoms. The molecule has 132 valence electrons. The maximum Gasteiger partial charge on any atom is 0.0987 e. The number of nitrogens with one attached hydrogen (secondary N) is 1. The Hall–Kier alpha value is -2.28. The summed E-state index contributed by atoms with van der Waals surface area (Å²) in [4.78, 5) is 12.4. The number of rotatable bonds is 5. The highest BCUT2D eigenvalue weighted by molar-refractivity contribution is 7.11. The third kappa shape index (κ3) is 3.49. The minimum atomic E-state index is 0.644. The van der Waals surface area contributed by atoms with Gasteiger partial charge in [-0.3, -0.25) is 10.1 Å². The van der Waals surface area contributed by atoms with Gasteiger partial charge >= 0.3 is 0 Å². The largest absolute Gasteiger partial charge is 0.304 e. The van der Waals surface area contributed by atoms with E-state index in [9.17, 15) is 0 Å². The second kappa shape index (κ2) is 7.15. The smallest absolute Gasteiger partial charge is 0.0987 e. The fourth-order valence-electron chi connectivity index (χ4n) is 2.91. The minimum Gasteiger partial charge on any atom is -0.304 e. The van der Waals surface area contributed by atoms with Crippen molar-refractivity contribution in [2.24, 2.45) is 0 Å². The molecule has 0 aliphatic heterocycles. The number of nitrogens with zero attached hydrogens (tertiary/aromatic N) is 4. The molecule has 0 saturated carbocycles. The molecule has 0 unspecified atom stereocenters. The second-order valence-electron chi connectivity index (χ2n) is 6.40. The van der Waals surface area contributed by atoms with Crippen molar-refractivity contribution in [3.8, 4) is 11.3 Å². The van der Waals surface area contributed by atoms with Crippen LogP contribution in [0.1, 0.15) is 15.6 Å². The monoisotopic (exact) mass is 383 g/mol. The molecule has 7 heteroatoms. The number of fused-ring (bicyclic) bond motifs is 1. The zero-order valence-corrected chi connectivity index (χ0v) is 16.1. The summed E-state index contributed by atoms with van der Waals surface area (Å²) in [7, 11) is 4.12. The first-order valence-corrected chi connectivity index (χ1v) is 9.46. The van der Waals surface area contributed by atoms with Crippen LogP contribution < -0.4 is 0 Å². The summed E-state index contributed by atoms with van der Waals surface area (Å²) < 4.78 is 0. The normalized spacial score (nSPS) is 11.5. The number of thiazole rings is 1. The van der Waals surface area contributed by atoms with Crippen molar-refractivity contribution in [1.82, 2.24) is 25.1 Å². The topological polar surface area (TPSA) is 57.7 Å². The zero-order chi connectivity index (χ0) is 18.1. The van der Waals surface area contributed by atoms with Crippen LogP contribution in [-0.2, 0) is 13.0 Å². The van der Waals surface area contributed by atoms with E-state index in [0.717, 1.165) is 45.8 Å². The highest BCUT2D eigenvalue weighted by Gasteiger charge is 2.12.